The molecule has 0 heterocycles. The minimum atomic E-state index is -1.41. The molecule has 1 aliphatic carbocycles. The molecule has 1 aromatic rings. The normalized spacial score (nSPS) is 20.2. The van der Waals surface area contributed by atoms with E-state index in [9.17, 15) is 9.59 Å². The number of benzene rings is 1. The van der Waals surface area contributed by atoms with E-state index in [1.54, 1.807) is 6.07 Å². The van der Waals surface area contributed by atoms with Crippen LogP contribution in [-0.2, 0) is 20.4 Å². The molecule has 1 aromatic carbocycles. The average Bonchev–Trinajstić information content (AvgIpc) is 2.50. The predicted molar refractivity (Wildman–Crippen MR) is 94.0 cm³/mol. The molecular weight excluding hydrogens is 322 g/mol. The monoisotopic (exact) mass is 349 g/mol. The van der Waals surface area contributed by atoms with Gasteiger partial charge in [-0.3, -0.25) is 9.59 Å². The van der Waals surface area contributed by atoms with E-state index in [1.807, 2.05) is 12.1 Å². The van der Waals surface area contributed by atoms with Gasteiger partial charge in [0.05, 0.1) is 6.42 Å². The number of hydrogen-bond donors (Lipinski definition) is 3. The van der Waals surface area contributed by atoms with Crippen LogP contribution in [0.2, 0.25) is 0 Å². The minimum Gasteiger partial charge on any atom is -0.488 e. The lowest BCUT2D eigenvalue weighted by Crippen LogP contribution is -2.46. The maximum absolute atomic E-state index is 11.1. The van der Waals surface area contributed by atoms with Gasteiger partial charge in [-0.05, 0) is 46.9 Å². The van der Waals surface area contributed by atoms with Gasteiger partial charge in [0.1, 0.15) is 17.9 Å². The second kappa shape index (κ2) is 6.67. The summed E-state index contributed by atoms with van der Waals surface area (Å²) >= 11 is 0. The Balaban J connectivity index is 2.37. The number of fused-ring (bicyclic) bond motifs is 1. The van der Waals surface area contributed by atoms with Crippen molar-refractivity contribution in [2.75, 3.05) is 0 Å². The zero-order valence-corrected chi connectivity index (χ0v) is 15.2. The topological polar surface area (TPSA) is 110 Å². The first-order valence-corrected chi connectivity index (χ1v) is 8.46. The fourth-order valence-electron chi connectivity index (χ4n) is 3.39. The first-order chi connectivity index (χ1) is 11.4. The lowest BCUT2D eigenvalue weighted by atomic mass is 9.63. The van der Waals surface area contributed by atoms with Crippen LogP contribution in [0.4, 0.5) is 0 Å². The van der Waals surface area contributed by atoms with Gasteiger partial charge < -0.3 is 20.7 Å². The smallest absolute Gasteiger partial charge is 0.324 e. The van der Waals surface area contributed by atoms with E-state index in [-0.39, 0.29) is 10.8 Å². The van der Waals surface area contributed by atoms with Crippen molar-refractivity contribution in [3.8, 4) is 5.75 Å². The van der Waals surface area contributed by atoms with Crippen molar-refractivity contribution in [2.24, 2.45) is 5.73 Å². The van der Waals surface area contributed by atoms with Crippen molar-refractivity contribution >= 4 is 11.9 Å². The van der Waals surface area contributed by atoms with Crippen LogP contribution in [0, 0.1) is 0 Å². The van der Waals surface area contributed by atoms with Crippen LogP contribution in [0.5, 0.6) is 5.75 Å². The molecule has 25 heavy (non-hydrogen) atoms. The molecular formula is C19H27NO5. The number of aliphatic carboxylic acids is 2. The number of nitrogens with two attached hydrogens (primary N) is 1. The lowest BCUT2D eigenvalue weighted by Gasteiger charge is -2.42. The number of hydrogen-bond acceptors (Lipinski definition) is 4. The van der Waals surface area contributed by atoms with Crippen LogP contribution in [0.1, 0.15) is 58.1 Å². The summed E-state index contributed by atoms with van der Waals surface area (Å²) in [5, 5.41) is 18.1. The van der Waals surface area contributed by atoms with Crippen molar-refractivity contribution in [1.29, 1.82) is 0 Å². The number of rotatable bonds is 6. The summed E-state index contributed by atoms with van der Waals surface area (Å²) in [4.78, 5) is 22.2. The molecule has 0 fully saturated rings. The molecule has 1 aliphatic rings. The molecule has 6 heteroatoms. The van der Waals surface area contributed by atoms with Gasteiger partial charge in [0.15, 0.2) is 0 Å². The van der Waals surface area contributed by atoms with Crippen molar-refractivity contribution < 1.29 is 24.5 Å². The van der Waals surface area contributed by atoms with Crippen LogP contribution in [0.3, 0.4) is 0 Å². The molecule has 0 radical (unpaired) electrons. The van der Waals surface area contributed by atoms with Crippen LogP contribution in [0.25, 0.3) is 0 Å². The van der Waals surface area contributed by atoms with Crippen molar-refractivity contribution in [3.63, 3.8) is 0 Å². The Kier molecular flexibility index (Phi) is 5.14. The van der Waals surface area contributed by atoms with Crippen LogP contribution in [0.15, 0.2) is 18.2 Å². The first kappa shape index (κ1) is 19.2. The number of ether oxygens (including phenoxy) is 1. The second-order valence-corrected chi connectivity index (χ2v) is 8.09. The van der Waals surface area contributed by atoms with Crippen molar-refractivity contribution in [3.05, 3.63) is 29.3 Å². The molecule has 2 unspecified atom stereocenters. The van der Waals surface area contributed by atoms with Crippen LogP contribution in [-0.4, -0.2) is 34.3 Å². The molecule has 0 saturated carbocycles. The summed E-state index contributed by atoms with van der Waals surface area (Å²) in [7, 11) is 0. The Morgan fingerprint density at radius 1 is 1.12 bits per heavy atom. The summed E-state index contributed by atoms with van der Waals surface area (Å²) in [6.07, 6.45) is 0.509. The van der Waals surface area contributed by atoms with E-state index in [4.69, 9.17) is 20.7 Å². The van der Waals surface area contributed by atoms with E-state index in [2.05, 4.69) is 27.7 Å². The summed E-state index contributed by atoms with van der Waals surface area (Å²) in [5.41, 5.74) is 8.03. The quantitative estimate of drug-likeness (QED) is 0.728. The number of carbonyl (C=O) groups is 2. The maximum Gasteiger partial charge on any atom is 0.324 e. The number of carboxylic acids is 2. The Labute approximate surface area is 148 Å². The molecule has 4 N–H and O–H groups in total. The third-order valence-electron chi connectivity index (χ3n) is 5.17. The zero-order valence-electron chi connectivity index (χ0n) is 15.2. The van der Waals surface area contributed by atoms with Crippen LogP contribution >= 0.6 is 0 Å². The molecule has 2 rings (SSSR count). The molecule has 2 atom stereocenters. The predicted octanol–water partition coefficient (Wildman–Crippen LogP) is 2.67. The zero-order chi connectivity index (χ0) is 19.0. The van der Waals surface area contributed by atoms with E-state index < -0.39 is 30.5 Å². The maximum atomic E-state index is 11.1. The molecule has 138 valence electrons. The Morgan fingerprint density at radius 2 is 1.68 bits per heavy atom. The fourth-order valence-corrected chi connectivity index (χ4v) is 3.39. The molecule has 0 spiro atoms. The molecule has 0 saturated heterocycles. The van der Waals surface area contributed by atoms with Crippen LogP contribution < -0.4 is 10.5 Å². The highest BCUT2D eigenvalue weighted by molar-refractivity contribution is 5.76. The van der Waals surface area contributed by atoms with Gasteiger partial charge in [-0.15, -0.1) is 0 Å². The Bertz CT molecular complexity index is 680. The number of carboxylic acid groups (broad SMARTS) is 2. The summed E-state index contributed by atoms with van der Waals surface area (Å²) < 4.78 is 5.69. The van der Waals surface area contributed by atoms with Gasteiger partial charge in [0, 0.05) is 0 Å². The van der Waals surface area contributed by atoms with Gasteiger partial charge in [-0.25, -0.2) is 0 Å². The average molecular weight is 349 g/mol. The highest BCUT2D eigenvalue weighted by Crippen LogP contribution is 2.46. The summed E-state index contributed by atoms with van der Waals surface area (Å²) in [6, 6.07) is 4.26. The van der Waals surface area contributed by atoms with Gasteiger partial charge in [-0.2, -0.15) is 0 Å². The molecule has 0 bridgehead atoms. The van der Waals surface area contributed by atoms with E-state index in [1.165, 1.54) is 5.56 Å². The Hall–Kier alpha value is -2.08. The van der Waals surface area contributed by atoms with E-state index >= 15 is 0 Å². The minimum absolute atomic E-state index is 0.0264. The van der Waals surface area contributed by atoms with Crippen molar-refractivity contribution in [2.45, 2.75) is 69.9 Å². The molecule has 0 aromatic heterocycles. The van der Waals surface area contributed by atoms with E-state index in [0.29, 0.717) is 5.75 Å². The van der Waals surface area contributed by atoms with E-state index in [0.717, 1.165) is 18.4 Å². The summed E-state index contributed by atoms with van der Waals surface area (Å²) in [5.74, 6) is -1.99. The third kappa shape index (κ3) is 4.12. The highest BCUT2D eigenvalue weighted by atomic mass is 16.5. The SMILES string of the molecule is CC1(C)CCC(C)(C)c2cc(OC(CC(=O)O)C(N)C(=O)O)ccc21. The van der Waals surface area contributed by atoms with Crippen molar-refractivity contribution in [1.82, 2.24) is 0 Å². The molecule has 0 aliphatic heterocycles. The summed E-state index contributed by atoms with van der Waals surface area (Å²) in [6.45, 7) is 8.75. The van der Waals surface area contributed by atoms with Gasteiger partial charge >= 0.3 is 11.9 Å². The largest absolute Gasteiger partial charge is 0.488 e. The standard InChI is InChI=1S/C19H27NO5/c1-18(2)7-8-19(3,4)13-9-11(5-6-12(13)18)25-14(10-15(21)22)16(20)17(23)24/h5-6,9,14,16H,7-8,10,20H2,1-4H3,(H,21,22)(H,23,24). The fraction of sp³-hybridized carbons (Fsp3) is 0.579. The first-order valence-electron chi connectivity index (χ1n) is 8.46. The second-order valence-electron chi connectivity index (χ2n) is 8.09. The highest BCUT2D eigenvalue weighted by Gasteiger charge is 2.37. The van der Waals surface area contributed by atoms with Gasteiger partial charge in [0.25, 0.3) is 0 Å². The molecule has 0 amide bonds. The van der Waals surface area contributed by atoms with Gasteiger partial charge in [-0.1, -0.05) is 33.8 Å². The van der Waals surface area contributed by atoms with Gasteiger partial charge in [0.2, 0.25) is 0 Å². The molecule has 6 nitrogen and oxygen atoms in total. The Morgan fingerprint density at radius 3 is 2.20 bits per heavy atom. The lowest BCUT2D eigenvalue weighted by molar-refractivity contribution is -0.143. The third-order valence-corrected chi connectivity index (χ3v) is 5.17.